The SMILES string of the molecule is COCCN(C[C@H]1CN(Cc2cccs2)C[C@H]1c1ccccc1C)C(C)=O. The summed E-state index contributed by atoms with van der Waals surface area (Å²) >= 11 is 1.82. The largest absolute Gasteiger partial charge is 0.383 e. The van der Waals surface area contributed by atoms with Crippen LogP contribution in [0.15, 0.2) is 41.8 Å². The number of methoxy groups -OCH3 is 1. The lowest BCUT2D eigenvalue weighted by Gasteiger charge is -2.28. The maximum Gasteiger partial charge on any atom is 0.219 e. The Hall–Kier alpha value is -1.69. The second-order valence-electron chi connectivity index (χ2n) is 7.45. The summed E-state index contributed by atoms with van der Waals surface area (Å²) in [7, 11) is 1.69. The first-order chi connectivity index (χ1) is 13.1. The van der Waals surface area contributed by atoms with Gasteiger partial charge in [-0.05, 0) is 35.4 Å². The molecule has 1 fully saturated rings. The quantitative estimate of drug-likeness (QED) is 0.692. The minimum absolute atomic E-state index is 0.132. The number of thiophene rings is 1. The number of carbonyl (C=O) groups excluding carboxylic acids is 1. The highest BCUT2D eigenvalue weighted by Crippen LogP contribution is 2.36. The fourth-order valence-electron chi connectivity index (χ4n) is 4.11. The van der Waals surface area contributed by atoms with Gasteiger partial charge in [0.2, 0.25) is 5.91 Å². The summed E-state index contributed by atoms with van der Waals surface area (Å²) < 4.78 is 5.21. The van der Waals surface area contributed by atoms with Crippen LogP contribution in [0.5, 0.6) is 0 Å². The van der Waals surface area contributed by atoms with Gasteiger partial charge in [0.15, 0.2) is 0 Å². The predicted octanol–water partition coefficient (Wildman–Crippen LogP) is 3.77. The first kappa shape index (κ1) is 20.1. The lowest BCUT2D eigenvalue weighted by molar-refractivity contribution is -0.130. The van der Waals surface area contributed by atoms with E-state index >= 15 is 0 Å². The number of hydrogen-bond acceptors (Lipinski definition) is 4. The summed E-state index contributed by atoms with van der Waals surface area (Å²) in [5, 5.41) is 2.14. The van der Waals surface area contributed by atoms with E-state index < -0.39 is 0 Å². The molecule has 2 aromatic rings. The van der Waals surface area contributed by atoms with Crippen molar-refractivity contribution in [1.82, 2.24) is 9.80 Å². The molecule has 3 rings (SSSR count). The highest BCUT2D eigenvalue weighted by molar-refractivity contribution is 7.09. The zero-order valence-corrected chi connectivity index (χ0v) is 17.4. The van der Waals surface area contributed by atoms with Gasteiger partial charge in [-0.1, -0.05) is 30.3 Å². The number of benzene rings is 1. The van der Waals surface area contributed by atoms with Gasteiger partial charge in [-0.3, -0.25) is 9.69 Å². The van der Waals surface area contributed by atoms with Gasteiger partial charge in [0, 0.05) is 57.6 Å². The van der Waals surface area contributed by atoms with Crippen LogP contribution in [-0.2, 0) is 16.1 Å². The minimum Gasteiger partial charge on any atom is -0.383 e. The smallest absolute Gasteiger partial charge is 0.219 e. The van der Waals surface area contributed by atoms with Crippen molar-refractivity contribution in [1.29, 1.82) is 0 Å². The van der Waals surface area contributed by atoms with Gasteiger partial charge in [-0.2, -0.15) is 0 Å². The monoisotopic (exact) mass is 386 g/mol. The molecule has 1 aromatic heterocycles. The van der Waals surface area contributed by atoms with E-state index in [1.807, 2.05) is 16.2 Å². The summed E-state index contributed by atoms with van der Waals surface area (Å²) in [6, 6.07) is 13.0. The first-order valence-corrected chi connectivity index (χ1v) is 10.5. The molecule has 146 valence electrons. The second-order valence-corrected chi connectivity index (χ2v) is 8.49. The van der Waals surface area contributed by atoms with Gasteiger partial charge in [0.25, 0.3) is 0 Å². The molecule has 1 aromatic carbocycles. The third-order valence-electron chi connectivity index (χ3n) is 5.53. The molecule has 0 radical (unpaired) electrons. The maximum absolute atomic E-state index is 12.1. The van der Waals surface area contributed by atoms with Crippen LogP contribution in [0.2, 0.25) is 0 Å². The van der Waals surface area contributed by atoms with Gasteiger partial charge >= 0.3 is 0 Å². The van der Waals surface area contributed by atoms with Gasteiger partial charge < -0.3 is 9.64 Å². The normalized spacial score (nSPS) is 20.1. The summed E-state index contributed by atoms with van der Waals surface area (Å²) in [6.07, 6.45) is 0. The average Bonchev–Trinajstić information content (AvgIpc) is 3.29. The molecule has 0 aliphatic carbocycles. The lowest BCUT2D eigenvalue weighted by atomic mass is 9.86. The van der Waals surface area contributed by atoms with Gasteiger partial charge in [-0.25, -0.2) is 0 Å². The summed E-state index contributed by atoms with van der Waals surface area (Å²) in [6.45, 7) is 8.96. The molecule has 27 heavy (non-hydrogen) atoms. The van der Waals surface area contributed by atoms with E-state index in [-0.39, 0.29) is 5.91 Å². The van der Waals surface area contributed by atoms with E-state index in [1.54, 1.807) is 14.0 Å². The number of rotatable bonds is 8. The minimum atomic E-state index is 0.132. The van der Waals surface area contributed by atoms with E-state index in [9.17, 15) is 4.79 Å². The van der Waals surface area contributed by atoms with E-state index in [4.69, 9.17) is 4.74 Å². The number of likely N-dealkylation sites (tertiary alicyclic amines) is 1. The third kappa shape index (κ3) is 5.18. The van der Waals surface area contributed by atoms with Crippen LogP contribution in [0.1, 0.15) is 28.8 Å². The van der Waals surface area contributed by atoms with Crippen molar-refractivity contribution in [2.75, 3.05) is 39.9 Å². The molecule has 1 amide bonds. The molecular weight excluding hydrogens is 356 g/mol. The fraction of sp³-hybridized carbons (Fsp3) is 0.500. The maximum atomic E-state index is 12.1. The molecule has 5 heteroatoms. The van der Waals surface area contributed by atoms with E-state index in [0.717, 1.165) is 26.2 Å². The standard InChI is InChI=1S/C22H30N2O2S/c1-17-7-4-5-9-21(17)22-16-23(15-20-8-6-12-27-20)13-19(22)14-24(18(2)25)10-11-26-3/h4-9,12,19,22H,10-11,13-16H2,1-3H3/t19-,22-/m1/s1. The first-order valence-electron chi connectivity index (χ1n) is 9.63. The molecule has 0 bridgehead atoms. The number of carbonyl (C=O) groups is 1. The highest BCUT2D eigenvalue weighted by atomic mass is 32.1. The molecule has 1 aliphatic heterocycles. The number of nitrogens with zero attached hydrogens (tertiary/aromatic N) is 2. The van der Waals surface area contributed by atoms with Crippen LogP contribution < -0.4 is 0 Å². The predicted molar refractivity (Wildman–Crippen MR) is 111 cm³/mol. The van der Waals surface area contributed by atoms with Crippen molar-refractivity contribution in [3.05, 3.63) is 57.8 Å². The topological polar surface area (TPSA) is 32.8 Å². The molecular formula is C22H30N2O2S. The van der Waals surface area contributed by atoms with Crippen molar-refractivity contribution >= 4 is 17.2 Å². The molecule has 0 saturated carbocycles. The fourth-order valence-corrected chi connectivity index (χ4v) is 4.86. The molecule has 2 atom stereocenters. The van der Waals surface area contributed by atoms with Crippen molar-refractivity contribution in [3.8, 4) is 0 Å². The van der Waals surface area contributed by atoms with Gasteiger partial charge in [-0.15, -0.1) is 11.3 Å². The summed E-state index contributed by atoms with van der Waals surface area (Å²) in [5.41, 5.74) is 2.77. The zero-order valence-electron chi connectivity index (χ0n) is 16.6. The molecule has 0 N–H and O–H groups in total. The van der Waals surface area contributed by atoms with E-state index in [0.29, 0.717) is 25.0 Å². The van der Waals surface area contributed by atoms with Crippen LogP contribution in [0, 0.1) is 12.8 Å². The van der Waals surface area contributed by atoms with Crippen LogP contribution >= 0.6 is 11.3 Å². The Bertz CT molecular complexity index is 732. The Balaban J connectivity index is 1.78. The molecule has 0 spiro atoms. The van der Waals surface area contributed by atoms with Crippen molar-refractivity contribution in [3.63, 3.8) is 0 Å². The van der Waals surface area contributed by atoms with Crippen LogP contribution in [0.4, 0.5) is 0 Å². The zero-order chi connectivity index (χ0) is 19.2. The Morgan fingerprint density at radius 2 is 2.07 bits per heavy atom. The number of hydrogen-bond donors (Lipinski definition) is 0. The lowest BCUT2D eigenvalue weighted by Crippen LogP contribution is -2.38. The summed E-state index contributed by atoms with van der Waals surface area (Å²) in [4.78, 5) is 18.0. The summed E-state index contributed by atoms with van der Waals surface area (Å²) in [5.74, 6) is 1.02. The Labute approximate surface area is 166 Å². The Morgan fingerprint density at radius 3 is 2.74 bits per heavy atom. The van der Waals surface area contributed by atoms with Crippen molar-refractivity contribution in [2.24, 2.45) is 5.92 Å². The second kappa shape index (κ2) is 9.49. The number of ether oxygens (including phenoxy) is 1. The molecule has 2 heterocycles. The Kier molecular flexibility index (Phi) is 7.05. The van der Waals surface area contributed by atoms with Crippen LogP contribution in [-0.4, -0.2) is 55.6 Å². The van der Waals surface area contributed by atoms with Crippen molar-refractivity contribution in [2.45, 2.75) is 26.3 Å². The molecule has 1 saturated heterocycles. The van der Waals surface area contributed by atoms with E-state index in [2.05, 4.69) is 53.6 Å². The van der Waals surface area contributed by atoms with E-state index in [1.165, 1.54) is 16.0 Å². The van der Waals surface area contributed by atoms with Crippen LogP contribution in [0.3, 0.4) is 0 Å². The van der Waals surface area contributed by atoms with Gasteiger partial charge in [0.1, 0.15) is 0 Å². The number of aryl methyl sites for hydroxylation is 1. The van der Waals surface area contributed by atoms with Gasteiger partial charge in [0.05, 0.1) is 6.61 Å². The Morgan fingerprint density at radius 1 is 1.26 bits per heavy atom. The van der Waals surface area contributed by atoms with Crippen LogP contribution in [0.25, 0.3) is 0 Å². The van der Waals surface area contributed by atoms with Crippen molar-refractivity contribution < 1.29 is 9.53 Å². The highest BCUT2D eigenvalue weighted by Gasteiger charge is 2.36. The average molecular weight is 387 g/mol. The number of amides is 1. The molecule has 0 unspecified atom stereocenters. The third-order valence-corrected chi connectivity index (χ3v) is 6.39. The molecule has 4 nitrogen and oxygen atoms in total. The molecule has 1 aliphatic rings.